The molecular weight excluding hydrogens is 236 g/mol. The molecule has 0 saturated carbocycles. The maximum Gasteiger partial charge on any atom is 0.309 e. The number of thiazole rings is 1. The van der Waals surface area contributed by atoms with Crippen molar-refractivity contribution in [2.75, 3.05) is 14.1 Å². The molecule has 1 aromatic heterocycles. The van der Waals surface area contributed by atoms with E-state index in [1.54, 1.807) is 11.3 Å². The molecule has 0 aliphatic rings. The van der Waals surface area contributed by atoms with Crippen molar-refractivity contribution in [3.8, 4) is 0 Å². The molecule has 1 unspecified atom stereocenters. The first-order valence-electron chi connectivity index (χ1n) is 5.72. The Morgan fingerprint density at radius 1 is 1.53 bits per heavy atom. The molecule has 1 rings (SSSR count). The van der Waals surface area contributed by atoms with E-state index in [2.05, 4.69) is 23.7 Å². The van der Waals surface area contributed by atoms with Gasteiger partial charge in [0.15, 0.2) is 0 Å². The van der Waals surface area contributed by atoms with Crippen LogP contribution in [0.25, 0.3) is 0 Å². The van der Waals surface area contributed by atoms with E-state index in [0.29, 0.717) is 11.6 Å². The van der Waals surface area contributed by atoms with Crippen molar-refractivity contribution in [3.63, 3.8) is 0 Å². The molecule has 0 amide bonds. The number of hydrogen-bond donors (Lipinski definition) is 1. The molecule has 0 aliphatic heterocycles. The van der Waals surface area contributed by atoms with E-state index in [9.17, 15) is 4.79 Å². The molecule has 17 heavy (non-hydrogen) atoms. The fourth-order valence-electron chi connectivity index (χ4n) is 1.69. The van der Waals surface area contributed by atoms with E-state index >= 15 is 0 Å². The molecule has 0 saturated heterocycles. The van der Waals surface area contributed by atoms with Gasteiger partial charge in [-0.2, -0.15) is 0 Å². The van der Waals surface area contributed by atoms with Gasteiger partial charge in [-0.1, -0.05) is 13.8 Å². The van der Waals surface area contributed by atoms with Gasteiger partial charge in [0.25, 0.3) is 0 Å². The van der Waals surface area contributed by atoms with Crippen molar-refractivity contribution in [1.29, 1.82) is 0 Å². The van der Waals surface area contributed by atoms with Crippen LogP contribution >= 0.6 is 11.3 Å². The Bertz CT molecular complexity index is 374. The van der Waals surface area contributed by atoms with Crippen LogP contribution in [0.15, 0.2) is 5.38 Å². The van der Waals surface area contributed by atoms with Crippen LogP contribution in [0.3, 0.4) is 0 Å². The Morgan fingerprint density at radius 3 is 2.65 bits per heavy atom. The Kier molecular flexibility index (Phi) is 5.08. The molecule has 0 bridgehead atoms. The van der Waals surface area contributed by atoms with Gasteiger partial charge in [0, 0.05) is 5.38 Å². The first-order chi connectivity index (χ1) is 7.90. The predicted octanol–water partition coefficient (Wildman–Crippen LogP) is 2.42. The Morgan fingerprint density at radius 2 is 2.18 bits per heavy atom. The minimum Gasteiger partial charge on any atom is -0.481 e. The molecule has 5 heteroatoms. The van der Waals surface area contributed by atoms with Crippen LogP contribution in [-0.4, -0.2) is 35.1 Å². The van der Waals surface area contributed by atoms with Gasteiger partial charge in [0.2, 0.25) is 0 Å². The van der Waals surface area contributed by atoms with Crippen LogP contribution in [0.4, 0.5) is 0 Å². The van der Waals surface area contributed by atoms with E-state index < -0.39 is 5.97 Å². The number of carboxylic acid groups (broad SMARTS) is 1. The standard InChI is InChI=1S/C12H20N2O2S/c1-8(2)5-10(14(3)4)12-13-9(7-17-12)6-11(15)16/h7-8,10H,5-6H2,1-4H3,(H,15,16). The second-order valence-electron chi connectivity index (χ2n) is 4.86. The Hall–Kier alpha value is -0.940. The van der Waals surface area contributed by atoms with Gasteiger partial charge in [0.1, 0.15) is 5.01 Å². The summed E-state index contributed by atoms with van der Waals surface area (Å²) in [4.78, 5) is 17.2. The molecule has 1 aromatic rings. The SMILES string of the molecule is CC(C)CC(c1nc(CC(=O)O)cs1)N(C)C. The highest BCUT2D eigenvalue weighted by Crippen LogP contribution is 2.28. The van der Waals surface area contributed by atoms with Crippen LogP contribution in [-0.2, 0) is 11.2 Å². The number of nitrogens with zero attached hydrogens (tertiary/aromatic N) is 2. The lowest BCUT2D eigenvalue weighted by Gasteiger charge is -2.23. The van der Waals surface area contributed by atoms with Gasteiger partial charge in [-0.05, 0) is 26.4 Å². The molecule has 0 radical (unpaired) electrons. The number of rotatable bonds is 6. The third-order valence-electron chi connectivity index (χ3n) is 2.50. The van der Waals surface area contributed by atoms with Crippen LogP contribution < -0.4 is 0 Å². The van der Waals surface area contributed by atoms with E-state index in [4.69, 9.17) is 5.11 Å². The summed E-state index contributed by atoms with van der Waals surface area (Å²) < 4.78 is 0. The van der Waals surface area contributed by atoms with Gasteiger partial charge < -0.3 is 10.0 Å². The maximum absolute atomic E-state index is 10.6. The lowest BCUT2D eigenvalue weighted by atomic mass is 10.0. The minimum atomic E-state index is -0.827. The predicted molar refractivity (Wildman–Crippen MR) is 69.3 cm³/mol. The van der Waals surface area contributed by atoms with Crippen molar-refractivity contribution in [2.45, 2.75) is 32.7 Å². The number of aliphatic carboxylic acids is 1. The van der Waals surface area contributed by atoms with Crippen molar-refractivity contribution in [3.05, 3.63) is 16.1 Å². The lowest BCUT2D eigenvalue weighted by Crippen LogP contribution is -2.21. The molecule has 0 aromatic carbocycles. The average molecular weight is 256 g/mol. The van der Waals surface area contributed by atoms with Gasteiger partial charge in [-0.25, -0.2) is 4.98 Å². The summed E-state index contributed by atoms with van der Waals surface area (Å²) in [6.07, 6.45) is 1.05. The van der Waals surface area contributed by atoms with E-state index in [0.717, 1.165) is 11.4 Å². The van der Waals surface area contributed by atoms with Crippen LogP contribution in [0.1, 0.15) is 37.0 Å². The second-order valence-corrected chi connectivity index (χ2v) is 5.75. The zero-order valence-corrected chi connectivity index (χ0v) is 11.6. The minimum absolute atomic E-state index is 0.0122. The molecule has 1 atom stereocenters. The molecule has 1 N–H and O–H groups in total. The molecule has 4 nitrogen and oxygen atoms in total. The van der Waals surface area contributed by atoms with Crippen molar-refractivity contribution in [1.82, 2.24) is 9.88 Å². The summed E-state index contributed by atoms with van der Waals surface area (Å²) in [5, 5.41) is 11.6. The fraction of sp³-hybridized carbons (Fsp3) is 0.667. The molecule has 0 spiro atoms. The smallest absolute Gasteiger partial charge is 0.309 e. The topological polar surface area (TPSA) is 53.4 Å². The van der Waals surface area contributed by atoms with Crippen LogP contribution in [0.2, 0.25) is 0 Å². The number of aromatic nitrogens is 1. The Balaban J connectivity index is 2.80. The zero-order chi connectivity index (χ0) is 13.0. The van der Waals surface area contributed by atoms with Crippen molar-refractivity contribution >= 4 is 17.3 Å². The van der Waals surface area contributed by atoms with Gasteiger partial charge >= 0.3 is 5.97 Å². The van der Waals surface area contributed by atoms with E-state index in [1.807, 2.05) is 19.5 Å². The van der Waals surface area contributed by atoms with Gasteiger partial charge in [-0.15, -0.1) is 11.3 Å². The van der Waals surface area contributed by atoms with Gasteiger partial charge in [0.05, 0.1) is 18.2 Å². The normalized spacial score (nSPS) is 13.3. The average Bonchev–Trinajstić information content (AvgIpc) is 2.60. The summed E-state index contributed by atoms with van der Waals surface area (Å²) in [5.74, 6) is -0.235. The maximum atomic E-state index is 10.6. The number of hydrogen-bond acceptors (Lipinski definition) is 4. The van der Waals surface area contributed by atoms with E-state index in [-0.39, 0.29) is 12.5 Å². The first-order valence-corrected chi connectivity index (χ1v) is 6.60. The molecular formula is C12H20N2O2S. The first kappa shape index (κ1) is 14.1. The lowest BCUT2D eigenvalue weighted by molar-refractivity contribution is -0.136. The highest BCUT2D eigenvalue weighted by Gasteiger charge is 2.19. The second kappa shape index (κ2) is 6.12. The largest absolute Gasteiger partial charge is 0.481 e. The summed E-state index contributed by atoms with van der Waals surface area (Å²) in [6, 6.07) is 0.280. The van der Waals surface area contributed by atoms with Crippen molar-refractivity contribution in [2.24, 2.45) is 5.92 Å². The number of carboxylic acids is 1. The summed E-state index contributed by atoms with van der Waals surface area (Å²) >= 11 is 1.55. The fourth-order valence-corrected chi connectivity index (χ4v) is 2.72. The third-order valence-corrected chi connectivity index (χ3v) is 3.50. The zero-order valence-electron chi connectivity index (χ0n) is 10.8. The highest BCUT2D eigenvalue weighted by molar-refractivity contribution is 7.09. The number of carbonyl (C=O) groups is 1. The third kappa shape index (κ3) is 4.44. The molecule has 1 heterocycles. The molecule has 0 aliphatic carbocycles. The molecule has 96 valence electrons. The Labute approximate surface area is 106 Å². The summed E-state index contributed by atoms with van der Waals surface area (Å²) in [5.41, 5.74) is 0.660. The summed E-state index contributed by atoms with van der Waals surface area (Å²) in [7, 11) is 4.07. The van der Waals surface area contributed by atoms with Gasteiger partial charge in [-0.3, -0.25) is 4.79 Å². The quantitative estimate of drug-likeness (QED) is 0.849. The van der Waals surface area contributed by atoms with Crippen LogP contribution in [0.5, 0.6) is 0 Å². The van der Waals surface area contributed by atoms with Crippen LogP contribution in [0, 0.1) is 5.92 Å². The molecule has 0 fully saturated rings. The monoisotopic (exact) mass is 256 g/mol. The highest BCUT2D eigenvalue weighted by atomic mass is 32.1. The van der Waals surface area contributed by atoms with Crippen molar-refractivity contribution < 1.29 is 9.90 Å². The summed E-state index contributed by atoms with van der Waals surface area (Å²) in [6.45, 7) is 4.37. The van der Waals surface area contributed by atoms with E-state index in [1.165, 1.54) is 0 Å².